The van der Waals surface area contributed by atoms with Crippen molar-refractivity contribution in [1.29, 1.82) is 0 Å². The molecule has 2 nitrogen and oxygen atoms in total. The van der Waals surface area contributed by atoms with Gasteiger partial charge in [0.15, 0.2) is 0 Å². The summed E-state index contributed by atoms with van der Waals surface area (Å²) < 4.78 is 0. The number of rotatable bonds is 1. The molecule has 0 amide bonds. The number of aliphatic hydroxyl groups excluding tert-OH is 1. The second-order valence-corrected chi connectivity index (χ2v) is 2.63. The van der Waals surface area contributed by atoms with E-state index in [0.29, 0.717) is 6.04 Å². The van der Waals surface area contributed by atoms with E-state index in [4.69, 9.17) is 5.11 Å². The normalized spacial score (nSPS) is 31.3. The monoisotopic (exact) mass is 119 g/mol. The van der Waals surface area contributed by atoms with Crippen molar-refractivity contribution in [3.63, 3.8) is 0 Å². The summed E-state index contributed by atoms with van der Waals surface area (Å²) in [6.07, 6.45) is 0. The van der Waals surface area contributed by atoms with Crippen molar-refractivity contribution in [2.45, 2.75) is 6.04 Å². The molecule has 1 heterocycles. The van der Waals surface area contributed by atoms with Crippen molar-refractivity contribution in [1.82, 2.24) is 5.32 Å². The van der Waals surface area contributed by atoms with E-state index < -0.39 is 0 Å². The molecule has 1 aliphatic rings. The minimum atomic E-state index is 0.285. The van der Waals surface area contributed by atoms with Gasteiger partial charge in [0.1, 0.15) is 0 Å². The number of hydrogen-bond acceptors (Lipinski definition) is 3. The van der Waals surface area contributed by atoms with Crippen molar-refractivity contribution in [2.24, 2.45) is 0 Å². The highest BCUT2D eigenvalue weighted by Crippen LogP contribution is 2.07. The lowest BCUT2D eigenvalue weighted by Gasteiger charge is -2.00. The van der Waals surface area contributed by atoms with Crippen LogP contribution in [0.15, 0.2) is 0 Å². The van der Waals surface area contributed by atoms with Gasteiger partial charge in [-0.3, -0.25) is 0 Å². The largest absolute Gasteiger partial charge is 0.395 e. The van der Waals surface area contributed by atoms with Gasteiger partial charge < -0.3 is 10.4 Å². The van der Waals surface area contributed by atoms with Crippen LogP contribution in [0.4, 0.5) is 0 Å². The Morgan fingerprint density at radius 2 is 2.71 bits per heavy atom. The Kier molecular flexibility index (Phi) is 1.97. The number of thioether (sulfide) groups is 1. The summed E-state index contributed by atoms with van der Waals surface area (Å²) in [7, 11) is 0. The van der Waals surface area contributed by atoms with Gasteiger partial charge in [-0.2, -0.15) is 0 Å². The van der Waals surface area contributed by atoms with Crippen molar-refractivity contribution in [3.8, 4) is 0 Å². The molecule has 0 aliphatic carbocycles. The smallest absolute Gasteiger partial charge is 0.0592 e. The first-order valence-corrected chi connectivity index (χ1v) is 3.51. The zero-order valence-electron chi connectivity index (χ0n) is 4.05. The van der Waals surface area contributed by atoms with E-state index in [1.54, 1.807) is 0 Å². The number of aliphatic hydroxyl groups is 1. The Labute approximate surface area is 47.3 Å². The first-order chi connectivity index (χ1) is 3.43. The van der Waals surface area contributed by atoms with Gasteiger partial charge in [0.25, 0.3) is 0 Å². The van der Waals surface area contributed by atoms with Crippen LogP contribution in [0.1, 0.15) is 0 Å². The van der Waals surface area contributed by atoms with Crippen molar-refractivity contribution < 1.29 is 5.11 Å². The summed E-state index contributed by atoms with van der Waals surface area (Å²) in [4.78, 5) is 0. The van der Waals surface area contributed by atoms with E-state index in [9.17, 15) is 0 Å². The Morgan fingerprint density at radius 3 is 3.00 bits per heavy atom. The van der Waals surface area contributed by atoms with Crippen molar-refractivity contribution >= 4 is 11.8 Å². The van der Waals surface area contributed by atoms with E-state index in [0.717, 1.165) is 11.6 Å². The topological polar surface area (TPSA) is 32.3 Å². The second-order valence-electron chi connectivity index (χ2n) is 1.60. The molecule has 0 aromatic carbocycles. The Hall–Kier alpha value is 0.270. The van der Waals surface area contributed by atoms with Gasteiger partial charge >= 0.3 is 0 Å². The second kappa shape index (κ2) is 2.55. The lowest BCUT2D eigenvalue weighted by atomic mass is 10.4. The standard InChI is InChI=1S/C4H9NOS/c6-1-4-2-7-3-5-4/h4-6H,1-3H2/t4-/m0/s1. The van der Waals surface area contributed by atoms with Crippen LogP contribution in [0, 0.1) is 0 Å². The number of hydrogen-bond donors (Lipinski definition) is 2. The predicted molar refractivity (Wildman–Crippen MR) is 31.3 cm³/mol. The number of nitrogens with one attached hydrogen (secondary N) is 1. The summed E-state index contributed by atoms with van der Waals surface area (Å²) in [5.41, 5.74) is 0. The molecule has 7 heavy (non-hydrogen) atoms. The van der Waals surface area contributed by atoms with Gasteiger partial charge in [0.2, 0.25) is 0 Å². The summed E-state index contributed by atoms with van der Waals surface area (Å²) >= 11 is 1.84. The molecule has 0 unspecified atom stereocenters. The lowest BCUT2D eigenvalue weighted by Crippen LogP contribution is -2.27. The van der Waals surface area contributed by atoms with E-state index in [2.05, 4.69) is 5.32 Å². The summed E-state index contributed by atoms with van der Waals surface area (Å²) in [5, 5.41) is 11.6. The lowest BCUT2D eigenvalue weighted by molar-refractivity contribution is 0.262. The molecule has 2 N–H and O–H groups in total. The zero-order chi connectivity index (χ0) is 5.11. The highest BCUT2D eigenvalue weighted by atomic mass is 32.2. The molecule has 0 aromatic heterocycles. The van der Waals surface area contributed by atoms with Gasteiger partial charge in [-0.05, 0) is 0 Å². The van der Waals surface area contributed by atoms with Gasteiger partial charge in [0.05, 0.1) is 6.61 Å². The molecule has 0 radical (unpaired) electrons. The third kappa shape index (κ3) is 1.33. The van der Waals surface area contributed by atoms with Crippen LogP contribution in [-0.2, 0) is 0 Å². The predicted octanol–water partition coefficient (Wildman–Crippen LogP) is -0.359. The van der Waals surface area contributed by atoms with Gasteiger partial charge in [-0.1, -0.05) is 0 Å². The van der Waals surface area contributed by atoms with Crippen LogP contribution < -0.4 is 5.32 Å². The van der Waals surface area contributed by atoms with Gasteiger partial charge in [-0.15, -0.1) is 11.8 Å². The van der Waals surface area contributed by atoms with Gasteiger partial charge in [0, 0.05) is 17.7 Å². The van der Waals surface area contributed by atoms with Crippen LogP contribution in [-0.4, -0.2) is 29.4 Å². The third-order valence-corrected chi connectivity index (χ3v) is 2.02. The SMILES string of the molecule is OC[C@H]1CSCN1. The minimum Gasteiger partial charge on any atom is -0.395 e. The highest BCUT2D eigenvalue weighted by molar-refractivity contribution is 7.99. The molecular formula is C4H9NOS. The summed E-state index contributed by atoms with van der Waals surface area (Å²) in [5.74, 6) is 2.07. The average Bonchev–Trinajstić information content (AvgIpc) is 2.14. The fourth-order valence-corrected chi connectivity index (χ4v) is 1.53. The maximum absolute atomic E-state index is 8.49. The molecule has 1 atom stereocenters. The first kappa shape index (κ1) is 5.41. The van der Waals surface area contributed by atoms with Crippen LogP contribution in [0.3, 0.4) is 0 Å². The molecule has 3 heteroatoms. The average molecular weight is 119 g/mol. The Morgan fingerprint density at radius 1 is 1.86 bits per heavy atom. The van der Waals surface area contributed by atoms with Crippen molar-refractivity contribution in [2.75, 3.05) is 18.2 Å². The first-order valence-electron chi connectivity index (χ1n) is 2.35. The maximum Gasteiger partial charge on any atom is 0.0592 e. The van der Waals surface area contributed by atoms with Crippen LogP contribution in [0.5, 0.6) is 0 Å². The molecule has 0 aromatic rings. The molecule has 1 aliphatic heterocycles. The molecular weight excluding hydrogens is 110 g/mol. The molecule has 0 spiro atoms. The molecule has 1 fully saturated rings. The fourth-order valence-electron chi connectivity index (χ4n) is 0.554. The molecule has 1 saturated heterocycles. The molecule has 1 rings (SSSR count). The molecule has 42 valence electrons. The third-order valence-electron chi connectivity index (χ3n) is 1.01. The van der Waals surface area contributed by atoms with Crippen LogP contribution in [0.25, 0.3) is 0 Å². The molecule has 0 saturated carbocycles. The van der Waals surface area contributed by atoms with E-state index in [-0.39, 0.29) is 6.61 Å². The zero-order valence-corrected chi connectivity index (χ0v) is 4.87. The Balaban J connectivity index is 2.14. The maximum atomic E-state index is 8.49. The molecule has 0 bridgehead atoms. The van der Waals surface area contributed by atoms with Crippen molar-refractivity contribution in [3.05, 3.63) is 0 Å². The summed E-state index contributed by atoms with van der Waals surface area (Å²) in [6.45, 7) is 0.285. The quantitative estimate of drug-likeness (QED) is 0.494. The van der Waals surface area contributed by atoms with E-state index in [1.807, 2.05) is 11.8 Å². The Bertz CT molecular complexity index is 53.7. The highest BCUT2D eigenvalue weighted by Gasteiger charge is 2.11. The summed E-state index contributed by atoms with van der Waals surface area (Å²) in [6, 6.07) is 0.366. The van der Waals surface area contributed by atoms with Crippen LogP contribution in [0.2, 0.25) is 0 Å². The minimum absolute atomic E-state index is 0.285. The van der Waals surface area contributed by atoms with Crippen LogP contribution >= 0.6 is 11.8 Å². The van der Waals surface area contributed by atoms with Gasteiger partial charge in [-0.25, -0.2) is 0 Å². The van der Waals surface area contributed by atoms with E-state index in [1.165, 1.54) is 0 Å². The fraction of sp³-hybridized carbons (Fsp3) is 1.00. The van der Waals surface area contributed by atoms with E-state index >= 15 is 0 Å².